The molecular formula is C13H23N3O2. The van der Waals surface area contributed by atoms with E-state index in [0.29, 0.717) is 13.1 Å². The van der Waals surface area contributed by atoms with Gasteiger partial charge in [0.15, 0.2) is 0 Å². The van der Waals surface area contributed by atoms with Gasteiger partial charge in [0.05, 0.1) is 19.9 Å². The van der Waals surface area contributed by atoms with E-state index in [-0.39, 0.29) is 6.04 Å². The van der Waals surface area contributed by atoms with Crippen LogP contribution in [0.4, 0.5) is 5.69 Å². The smallest absolute Gasteiger partial charge is 0.145 e. The van der Waals surface area contributed by atoms with Crippen molar-refractivity contribution in [2.45, 2.75) is 19.9 Å². The summed E-state index contributed by atoms with van der Waals surface area (Å²) in [6, 6.07) is 1.84. The van der Waals surface area contributed by atoms with Gasteiger partial charge in [-0.2, -0.15) is 0 Å². The molecule has 5 nitrogen and oxygen atoms in total. The molecule has 0 aliphatic heterocycles. The van der Waals surface area contributed by atoms with Gasteiger partial charge >= 0.3 is 0 Å². The molecule has 0 aromatic heterocycles. The van der Waals surface area contributed by atoms with E-state index >= 15 is 0 Å². The Morgan fingerprint density at radius 1 is 1.22 bits per heavy atom. The molecule has 0 bridgehead atoms. The molecular weight excluding hydrogens is 230 g/mol. The SMILES string of the molecule is COc1cc(NCC(N)CN)c(OC)c(C)c1C. The molecule has 0 saturated heterocycles. The van der Waals surface area contributed by atoms with Gasteiger partial charge in [0.2, 0.25) is 0 Å². The predicted octanol–water partition coefficient (Wildman–Crippen LogP) is 1.02. The second-order valence-electron chi connectivity index (χ2n) is 4.29. The molecule has 5 heteroatoms. The molecule has 102 valence electrons. The molecule has 1 atom stereocenters. The standard InChI is InChI=1S/C13H23N3O2/c1-8-9(2)13(18-4)11(5-12(8)17-3)16-7-10(15)6-14/h5,10,16H,6-7,14-15H2,1-4H3. The molecule has 0 spiro atoms. The first-order valence-corrected chi connectivity index (χ1v) is 5.96. The first-order chi connectivity index (χ1) is 8.54. The van der Waals surface area contributed by atoms with Gasteiger partial charge in [-0.15, -0.1) is 0 Å². The number of anilines is 1. The Kier molecular flexibility index (Phi) is 5.25. The number of methoxy groups -OCH3 is 2. The fraction of sp³-hybridized carbons (Fsp3) is 0.538. The maximum atomic E-state index is 5.79. The lowest BCUT2D eigenvalue weighted by Gasteiger charge is -2.19. The van der Waals surface area contributed by atoms with Crippen molar-refractivity contribution < 1.29 is 9.47 Å². The predicted molar refractivity (Wildman–Crippen MR) is 74.5 cm³/mol. The van der Waals surface area contributed by atoms with E-state index in [1.165, 1.54) is 0 Å². The molecule has 0 fully saturated rings. The summed E-state index contributed by atoms with van der Waals surface area (Å²) in [5, 5.41) is 3.25. The second kappa shape index (κ2) is 6.47. The van der Waals surface area contributed by atoms with Crippen LogP contribution in [-0.4, -0.2) is 33.4 Å². The maximum Gasteiger partial charge on any atom is 0.145 e. The molecule has 1 unspecified atom stereocenters. The minimum absolute atomic E-state index is 0.0812. The first kappa shape index (κ1) is 14.6. The molecule has 0 radical (unpaired) electrons. The minimum Gasteiger partial charge on any atom is -0.496 e. The number of rotatable bonds is 6. The van der Waals surface area contributed by atoms with E-state index in [1.54, 1.807) is 14.2 Å². The van der Waals surface area contributed by atoms with E-state index in [9.17, 15) is 0 Å². The van der Waals surface area contributed by atoms with Crippen LogP contribution in [0.3, 0.4) is 0 Å². The van der Waals surface area contributed by atoms with Crippen molar-refractivity contribution in [3.8, 4) is 11.5 Å². The van der Waals surface area contributed by atoms with Gasteiger partial charge in [0.25, 0.3) is 0 Å². The van der Waals surface area contributed by atoms with Gasteiger partial charge in [-0.3, -0.25) is 0 Å². The van der Waals surface area contributed by atoms with Crippen LogP contribution < -0.4 is 26.3 Å². The van der Waals surface area contributed by atoms with Crippen LogP contribution in [-0.2, 0) is 0 Å². The summed E-state index contributed by atoms with van der Waals surface area (Å²) in [6.07, 6.45) is 0. The fourth-order valence-electron chi connectivity index (χ4n) is 1.79. The normalized spacial score (nSPS) is 12.1. The molecule has 0 heterocycles. The van der Waals surface area contributed by atoms with Gasteiger partial charge in [0, 0.05) is 25.2 Å². The Hall–Kier alpha value is -1.46. The second-order valence-corrected chi connectivity index (χ2v) is 4.29. The van der Waals surface area contributed by atoms with Crippen molar-refractivity contribution in [1.82, 2.24) is 0 Å². The van der Waals surface area contributed by atoms with Crippen molar-refractivity contribution in [3.63, 3.8) is 0 Å². The van der Waals surface area contributed by atoms with Crippen molar-refractivity contribution >= 4 is 5.69 Å². The monoisotopic (exact) mass is 253 g/mol. The van der Waals surface area contributed by atoms with Crippen LogP contribution in [0.25, 0.3) is 0 Å². The quantitative estimate of drug-likeness (QED) is 0.705. The summed E-state index contributed by atoms with van der Waals surface area (Å²) in [7, 11) is 3.31. The third-order valence-corrected chi connectivity index (χ3v) is 3.07. The van der Waals surface area contributed by atoms with Crippen molar-refractivity contribution in [2.24, 2.45) is 11.5 Å². The average molecular weight is 253 g/mol. The van der Waals surface area contributed by atoms with Gasteiger partial charge in [-0.25, -0.2) is 0 Å². The Bertz CT molecular complexity index is 408. The van der Waals surface area contributed by atoms with E-state index in [2.05, 4.69) is 5.32 Å². The Balaban J connectivity index is 3.05. The van der Waals surface area contributed by atoms with Crippen LogP contribution in [0.1, 0.15) is 11.1 Å². The number of ether oxygens (including phenoxy) is 2. The van der Waals surface area contributed by atoms with Gasteiger partial charge in [-0.05, 0) is 25.0 Å². The lowest BCUT2D eigenvalue weighted by Crippen LogP contribution is -2.36. The minimum atomic E-state index is -0.0812. The number of benzene rings is 1. The highest BCUT2D eigenvalue weighted by molar-refractivity contribution is 5.66. The van der Waals surface area contributed by atoms with Gasteiger partial charge < -0.3 is 26.3 Å². The Morgan fingerprint density at radius 3 is 2.39 bits per heavy atom. The zero-order chi connectivity index (χ0) is 13.7. The third kappa shape index (κ3) is 3.05. The van der Waals surface area contributed by atoms with Crippen LogP contribution in [0.2, 0.25) is 0 Å². The zero-order valence-corrected chi connectivity index (χ0v) is 11.5. The number of hydrogen-bond acceptors (Lipinski definition) is 5. The van der Waals surface area contributed by atoms with Gasteiger partial charge in [0.1, 0.15) is 11.5 Å². The average Bonchev–Trinajstić information content (AvgIpc) is 2.39. The molecule has 18 heavy (non-hydrogen) atoms. The van der Waals surface area contributed by atoms with Crippen LogP contribution in [0.5, 0.6) is 11.5 Å². The van der Waals surface area contributed by atoms with E-state index in [0.717, 1.165) is 28.3 Å². The lowest BCUT2D eigenvalue weighted by atomic mass is 10.1. The summed E-state index contributed by atoms with van der Waals surface area (Å²) in [5.41, 5.74) is 14.3. The number of nitrogens with one attached hydrogen (secondary N) is 1. The van der Waals surface area contributed by atoms with Crippen LogP contribution in [0, 0.1) is 13.8 Å². The highest BCUT2D eigenvalue weighted by atomic mass is 16.5. The highest BCUT2D eigenvalue weighted by Gasteiger charge is 2.14. The molecule has 1 rings (SSSR count). The molecule has 1 aromatic rings. The van der Waals surface area contributed by atoms with E-state index in [1.807, 2.05) is 19.9 Å². The molecule has 5 N–H and O–H groups in total. The maximum absolute atomic E-state index is 5.79. The molecule has 0 saturated carbocycles. The molecule has 1 aromatic carbocycles. The third-order valence-electron chi connectivity index (χ3n) is 3.07. The topological polar surface area (TPSA) is 82.5 Å². The fourth-order valence-corrected chi connectivity index (χ4v) is 1.79. The Morgan fingerprint density at radius 2 is 1.89 bits per heavy atom. The van der Waals surface area contributed by atoms with Crippen LogP contribution >= 0.6 is 0 Å². The summed E-state index contributed by atoms with van der Waals surface area (Å²) < 4.78 is 10.8. The summed E-state index contributed by atoms with van der Waals surface area (Å²) in [6.45, 7) is 5.05. The van der Waals surface area contributed by atoms with E-state index < -0.39 is 0 Å². The van der Waals surface area contributed by atoms with Crippen LogP contribution in [0.15, 0.2) is 6.07 Å². The molecule has 0 aliphatic rings. The number of hydrogen-bond donors (Lipinski definition) is 3. The summed E-state index contributed by atoms with van der Waals surface area (Å²) in [5.74, 6) is 1.65. The van der Waals surface area contributed by atoms with Crippen molar-refractivity contribution in [2.75, 3.05) is 32.6 Å². The summed E-state index contributed by atoms with van der Waals surface area (Å²) in [4.78, 5) is 0. The lowest BCUT2D eigenvalue weighted by molar-refractivity contribution is 0.399. The Labute approximate surface area is 108 Å². The number of nitrogens with two attached hydrogens (primary N) is 2. The highest BCUT2D eigenvalue weighted by Crippen LogP contribution is 2.36. The van der Waals surface area contributed by atoms with Crippen molar-refractivity contribution in [3.05, 3.63) is 17.2 Å². The van der Waals surface area contributed by atoms with E-state index in [4.69, 9.17) is 20.9 Å². The van der Waals surface area contributed by atoms with Gasteiger partial charge in [-0.1, -0.05) is 0 Å². The molecule has 0 amide bonds. The van der Waals surface area contributed by atoms with Crippen molar-refractivity contribution in [1.29, 1.82) is 0 Å². The largest absolute Gasteiger partial charge is 0.496 e. The zero-order valence-electron chi connectivity index (χ0n) is 11.5. The molecule has 0 aliphatic carbocycles. The summed E-state index contributed by atoms with van der Waals surface area (Å²) >= 11 is 0. The first-order valence-electron chi connectivity index (χ1n) is 5.96.